The van der Waals surface area contributed by atoms with Gasteiger partial charge >= 0.3 is 0 Å². The van der Waals surface area contributed by atoms with Crippen molar-refractivity contribution >= 4 is 5.82 Å². The van der Waals surface area contributed by atoms with Crippen molar-refractivity contribution in [2.45, 2.75) is 6.92 Å². The third-order valence-electron chi connectivity index (χ3n) is 0.840. The minimum absolute atomic E-state index is 0.384. The average Bonchev–Trinajstić information content (AvgIpc) is 2.17. The average molecular weight is 123 g/mol. The predicted molar refractivity (Wildman–Crippen MR) is 32.1 cm³/mol. The Kier molecular flexibility index (Phi) is 1.38. The molecule has 1 N–H and O–H groups in total. The molecule has 0 radical (unpaired) electrons. The molecule has 0 bridgehead atoms. The van der Waals surface area contributed by atoms with Gasteiger partial charge in [-0.05, 0) is 17.6 Å². The molecule has 0 aliphatic carbocycles. The lowest BCUT2D eigenvalue weighted by molar-refractivity contribution is 1.14. The Bertz CT molecular complexity index is 243. The van der Waals surface area contributed by atoms with Gasteiger partial charge in [0.15, 0.2) is 0 Å². The predicted octanol–water partition coefficient (Wildman–Crippen LogP) is 1.66. The summed E-state index contributed by atoms with van der Waals surface area (Å²) in [5.74, 6) is 1.13. The van der Waals surface area contributed by atoms with Crippen LogP contribution in [0.3, 0.4) is 0 Å². The summed E-state index contributed by atoms with van der Waals surface area (Å²) in [7, 11) is 0. The highest BCUT2D eigenvalue weighted by Crippen LogP contribution is 2.05. The molecule has 9 heavy (non-hydrogen) atoms. The zero-order valence-electron chi connectivity index (χ0n) is 4.87. The van der Waals surface area contributed by atoms with Gasteiger partial charge in [0.2, 0.25) is 0 Å². The fourth-order valence-corrected chi connectivity index (χ4v) is 0.502. The Morgan fingerprint density at radius 2 is 2.67 bits per heavy atom. The highest BCUT2D eigenvalue weighted by atomic mass is 15.2. The van der Waals surface area contributed by atoms with Gasteiger partial charge in [0.1, 0.15) is 11.6 Å². The van der Waals surface area contributed by atoms with Crippen LogP contribution in [0.2, 0.25) is 0 Å². The summed E-state index contributed by atoms with van der Waals surface area (Å²) in [4.78, 5) is 9.16. The van der Waals surface area contributed by atoms with E-state index < -0.39 is 0 Å². The number of nitrogens with one attached hydrogen (secondary N) is 1. The van der Waals surface area contributed by atoms with E-state index in [1.165, 1.54) is 0 Å². The largest absolute Gasteiger partial charge is 0.348 e. The Hall–Kier alpha value is -1.48. The Morgan fingerprint density at radius 3 is 3.11 bits per heavy atom. The molecule has 0 saturated heterocycles. The number of hydrogen-bond acceptors (Lipinski definition) is 2. The van der Waals surface area contributed by atoms with Crippen LogP contribution in [0.5, 0.6) is 0 Å². The Labute approximate surface area is 51.4 Å². The first-order valence-corrected chi connectivity index (χ1v) is 2.40. The lowest BCUT2D eigenvalue weighted by atomic mass is 10.7. The highest BCUT2D eigenvalue weighted by Gasteiger charge is 1.89. The van der Waals surface area contributed by atoms with E-state index >= 15 is 0 Å². The van der Waals surface area contributed by atoms with Crippen LogP contribution in [0.25, 0.3) is 10.4 Å². The molecule has 0 atom stereocenters. The molecule has 0 spiro atoms. The summed E-state index contributed by atoms with van der Waals surface area (Å²) in [6.45, 7) is 1.79. The minimum Gasteiger partial charge on any atom is -0.348 e. The summed E-state index contributed by atoms with van der Waals surface area (Å²) in [6.07, 6.45) is 1.55. The standard InChI is InChI=1S/C4H5N5/c1-3-6-2-4(7-3)8-9-5/h2H,1H3,(H,6,7). The van der Waals surface area contributed by atoms with Crippen LogP contribution in [-0.4, -0.2) is 9.97 Å². The third kappa shape index (κ3) is 1.20. The van der Waals surface area contributed by atoms with Crippen LogP contribution in [0, 0.1) is 6.92 Å². The lowest BCUT2D eigenvalue weighted by Gasteiger charge is -1.72. The van der Waals surface area contributed by atoms with Crippen molar-refractivity contribution in [3.05, 3.63) is 22.5 Å². The Balaban J connectivity index is 2.97. The number of aromatic nitrogens is 2. The van der Waals surface area contributed by atoms with Crippen molar-refractivity contribution < 1.29 is 0 Å². The highest BCUT2D eigenvalue weighted by molar-refractivity contribution is 5.22. The van der Waals surface area contributed by atoms with Crippen LogP contribution in [0.4, 0.5) is 5.82 Å². The number of azide groups is 1. The Morgan fingerprint density at radius 1 is 1.89 bits per heavy atom. The van der Waals surface area contributed by atoms with Gasteiger partial charge in [-0.2, -0.15) is 0 Å². The number of aryl methyl sites for hydroxylation is 1. The van der Waals surface area contributed by atoms with E-state index in [1.807, 2.05) is 0 Å². The quantitative estimate of drug-likeness (QED) is 0.344. The second-order valence-corrected chi connectivity index (χ2v) is 1.53. The molecular formula is C4H5N5. The minimum atomic E-state index is 0.384. The van der Waals surface area contributed by atoms with Crippen molar-refractivity contribution in [3.8, 4) is 0 Å². The van der Waals surface area contributed by atoms with Crippen molar-refractivity contribution in [1.82, 2.24) is 9.97 Å². The second-order valence-electron chi connectivity index (χ2n) is 1.53. The smallest absolute Gasteiger partial charge is 0.144 e. The normalized spacial score (nSPS) is 8.56. The lowest BCUT2D eigenvalue weighted by Crippen LogP contribution is -1.67. The van der Waals surface area contributed by atoms with E-state index in [9.17, 15) is 0 Å². The van der Waals surface area contributed by atoms with Crippen LogP contribution in [0.15, 0.2) is 11.3 Å². The molecule has 1 rings (SSSR count). The van der Waals surface area contributed by atoms with Gasteiger partial charge in [0.05, 0.1) is 0 Å². The molecule has 0 fully saturated rings. The number of H-pyrrole nitrogens is 1. The summed E-state index contributed by atoms with van der Waals surface area (Å²) < 4.78 is 0. The number of imidazole rings is 1. The van der Waals surface area contributed by atoms with Crippen molar-refractivity contribution in [1.29, 1.82) is 0 Å². The van der Waals surface area contributed by atoms with Crippen molar-refractivity contribution in [3.63, 3.8) is 0 Å². The summed E-state index contributed by atoms with van der Waals surface area (Å²) in [5, 5.41) is 3.27. The van der Waals surface area contributed by atoms with Gasteiger partial charge in [-0.15, -0.1) is 0 Å². The number of aromatic amines is 1. The molecule has 0 saturated carbocycles. The molecule has 5 heteroatoms. The second kappa shape index (κ2) is 2.19. The van der Waals surface area contributed by atoms with Gasteiger partial charge in [0.25, 0.3) is 0 Å². The van der Waals surface area contributed by atoms with Gasteiger partial charge < -0.3 is 4.98 Å². The van der Waals surface area contributed by atoms with Crippen molar-refractivity contribution in [2.24, 2.45) is 5.11 Å². The first-order chi connectivity index (χ1) is 4.33. The van der Waals surface area contributed by atoms with E-state index in [4.69, 9.17) is 5.53 Å². The van der Waals surface area contributed by atoms with Gasteiger partial charge in [-0.3, -0.25) is 0 Å². The van der Waals surface area contributed by atoms with Gasteiger partial charge in [-0.1, -0.05) is 0 Å². The maximum absolute atomic E-state index is 7.93. The zero-order chi connectivity index (χ0) is 6.69. The maximum atomic E-state index is 7.93. The van der Waals surface area contributed by atoms with Crippen LogP contribution in [0.1, 0.15) is 5.82 Å². The molecule has 0 aliphatic rings. The molecule has 0 aromatic carbocycles. The maximum Gasteiger partial charge on any atom is 0.144 e. The van der Waals surface area contributed by atoms with Crippen molar-refractivity contribution in [2.75, 3.05) is 0 Å². The fourth-order valence-electron chi connectivity index (χ4n) is 0.502. The molecule has 46 valence electrons. The molecule has 1 aromatic rings. The first kappa shape index (κ1) is 5.65. The summed E-state index contributed by atoms with van der Waals surface area (Å²) in [5.41, 5.74) is 7.93. The number of hydrogen-bond donors (Lipinski definition) is 1. The molecule has 0 amide bonds. The third-order valence-corrected chi connectivity index (χ3v) is 0.840. The van der Waals surface area contributed by atoms with E-state index in [1.54, 1.807) is 13.1 Å². The molecule has 5 nitrogen and oxygen atoms in total. The number of rotatable bonds is 1. The molecule has 1 heterocycles. The molecule has 0 unspecified atom stereocenters. The molecule has 0 aliphatic heterocycles. The van der Waals surface area contributed by atoms with E-state index in [2.05, 4.69) is 20.0 Å². The van der Waals surface area contributed by atoms with Crippen LogP contribution in [-0.2, 0) is 0 Å². The van der Waals surface area contributed by atoms with E-state index in [0.717, 1.165) is 5.82 Å². The summed E-state index contributed by atoms with van der Waals surface area (Å²) in [6, 6.07) is 0. The monoisotopic (exact) mass is 123 g/mol. The first-order valence-electron chi connectivity index (χ1n) is 2.40. The fraction of sp³-hybridized carbons (Fsp3) is 0.250. The zero-order valence-corrected chi connectivity index (χ0v) is 4.87. The number of nitrogens with zero attached hydrogens (tertiary/aromatic N) is 4. The SMILES string of the molecule is Cc1nc(N=[N+]=[N-])c[nH]1. The van der Waals surface area contributed by atoms with E-state index in [0.29, 0.717) is 5.82 Å². The topological polar surface area (TPSA) is 77.4 Å². The van der Waals surface area contributed by atoms with E-state index in [-0.39, 0.29) is 0 Å². The molecular weight excluding hydrogens is 118 g/mol. The van der Waals surface area contributed by atoms with Gasteiger partial charge in [0, 0.05) is 11.1 Å². The van der Waals surface area contributed by atoms with Crippen LogP contribution >= 0.6 is 0 Å². The van der Waals surface area contributed by atoms with Crippen LogP contribution < -0.4 is 0 Å². The summed E-state index contributed by atoms with van der Waals surface area (Å²) >= 11 is 0. The van der Waals surface area contributed by atoms with Gasteiger partial charge in [-0.25, -0.2) is 4.98 Å². The molecule has 1 aromatic heterocycles.